The van der Waals surface area contributed by atoms with E-state index in [0.29, 0.717) is 0 Å². The van der Waals surface area contributed by atoms with E-state index in [1.165, 1.54) is 18.9 Å². The molecule has 1 amide bonds. The summed E-state index contributed by atoms with van der Waals surface area (Å²) < 4.78 is 13.6. The molecule has 1 aromatic rings. The average molecular weight is 235 g/mol. The van der Waals surface area contributed by atoms with E-state index in [9.17, 15) is 9.18 Å². The Bertz CT molecular complexity index is 409. The van der Waals surface area contributed by atoms with Gasteiger partial charge in [-0.3, -0.25) is 4.79 Å². The lowest BCUT2D eigenvalue weighted by molar-refractivity contribution is 0.0757. The Balaban J connectivity index is 2.20. The summed E-state index contributed by atoms with van der Waals surface area (Å²) in [6.45, 7) is 3.39. The van der Waals surface area contributed by atoms with Crippen molar-refractivity contribution >= 4 is 5.91 Å². The zero-order valence-corrected chi connectivity index (χ0v) is 10.2. The van der Waals surface area contributed by atoms with Crippen molar-refractivity contribution in [3.05, 3.63) is 35.1 Å². The fourth-order valence-corrected chi connectivity index (χ4v) is 2.25. The molecule has 0 aliphatic carbocycles. The molecule has 3 heteroatoms. The van der Waals surface area contributed by atoms with E-state index >= 15 is 0 Å². The van der Waals surface area contributed by atoms with E-state index in [4.69, 9.17) is 0 Å². The van der Waals surface area contributed by atoms with Crippen molar-refractivity contribution in [2.24, 2.45) is 0 Å². The van der Waals surface area contributed by atoms with Gasteiger partial charge < -0.3 is 4.90 Å². The number of aryl methyl sites for hydroxylation is 1. The Kier molecular flexibility index (Phi) is 3.77. The van der Waals surface area contributed by atoms with Crippen LogP contribution in [0.4, 0.5) is 4.39 Å². The van der Waals surface area contributed by atoms with Gasteiger partial charge in [0.05, 0.1) is 5.56 Å². The Morgan fingerprint density at radius 1 is 1.18 bits per heavy atom. The van der Waals surface area contributed by atoms with Gasteiger partial charge in [-0.25, -0.2) is 4.39 Å². The molecular formula is C14H18FNO. The lowest BCUT2D eigenvalue weighted by Gasteiger charge is -2.20. The molecule has 0 bridgehead atoms. The van der Waals surface area contributed by atoms with Crippen molar-refractivity contribution < 1.29 is 9.18 Å². The van der Waals surface area contributed by atoms with Crippen LogP contribution in [0.15, 0.2) is 18.2 Å². The van der Waals surface area contributed by atoms with Crippen LogP contribution < -0.4 is 0 Å². The molecule has 2 rings (SSSR count). The fraction of sp³-hybridized carbons (Fsp3) is 0.500. The standard InChI is InChI=1S/C14H18FNO/c1-11-6-7-13(15)12(10-11)14(17)16-8-4-2-3-5-9-16/h6-7,10H,2-5,8-9H2,1H3. The summed E-state index contributed by atoms with van der Waals surface area (Å²) in [6, 6.07) is 4.71. The van der Waals surface area contributed by atoms with Gasteiger partial charge in [0, 0.05) is 13.1 Å². The van der Waals surface area contributed by atoms with Crippen LogP contribution in [0.25, 0.3) is 0 Å². The number of amides is 1. The lowest BCUT2D eigenvalue weighted by atomic mass is 10.1. The molecule has 0 N–H and O–H groups in total. The van der Waals surface area contributed by atoms with Gasteiger partial charge in [-0.05, 0) is 31.9 Å². The molecule has 0 radical (unpaired) electrons. The van der Waals surface area contributed by atoms with Gasteiger partial charge in [0.2, 0.25) is 0 Å². The van der Waals surface area contributed by atoms with Gasteiger partial charge in [0.25, 0.3) is 5.91 Å². The van der Waals surface area contributed by atoms with Crippen molar-refractivity contribution in [3.8, 4) is 0 Å². The van der Waals surface area contributed by atoms with Gasteiger partial charge in [0.15, 0.2) is 0 Å². The maximum Gasteiger partial charge on any atom is 0.256 e. The van der Waals surface area contributed by atoms with Gasteiger partial charge in [-0.2, -0.15) is 0 Å². The van der Waals surface area contributed by atoms with Crippen LogP contribution in [0, 0.1) is 12.7 Å². The maximum absolute atomic E-state index is 13.6. The second-order valence-electron chi connectivity index (χ2n) is 4.69. The minimum atomic E-state index is -0.412. The topological polar surface area (TPSA) is 20.3 Å². The average Bonchev–Trinajstić information content (AvgIpc) is 2.60. The van der Waals surface area contributed by atoms with Crippen LogP contribution >= 0.6 is 0 Å². The molecule has 1 aromatic carbocycles. The third kappa shape index (κ3) is 2.84. The Morgan fingerprint density at radius 2 is 1.82 bits per heavy atom. The molecule has 0 spiro atoms. The van der Waals surface area contributed by atoms with Crippen molar-refractivity contribution in [2.75, 3.05) is 13.1 Å². The van der Waals surface area contributed by atoms with Crippen molar-refractivity contribution in [1.29, 1.82) is 0 Å². The molecule has 92 valence electrons. The fourth-order valence-electron chi connectivity index (χ4n) is 2.25. The van der Waals surface area contributed by atoms with Crippen molar-refractivity contribution in [1.82, 2.24) is 4.90 Å². The highest BCUT2D eigenvalue weighted by Gasteiger charge is 2.20. The van der Waals surface area contributed by atoms with Crippen LogP contribution in [-0.4, -0.2) is 23.9 Å². The number of likely N-dealkylation sites (tertiary alicyclic amines) is 1. The first kappa shape index (κ1) is 12.1. The van der Waals surface area contributed by atoms with Gasteiger partial charge in [0.1, 0.15) is 5.82 Å². The zero-order chi connectivity index (χ0) is 12.3. The minimum absolute atomic E-state index is 0.159. The summed E-state index contributed by atoms with van der Waals surface area (Å²) >= 11 is 0. The number of carbonyl (C=O) groups is 1. The van der Waals surface area contributed by atoms with Crippen LogP contribution in [0.2, 0.25) is 0 Å². The number of hydrogen-bond donors (Lipinski definition) is 0. The molecule has 1 aliphatic rings. The summed E-state index contributed by atoms with van der Waals surface area (Å²) in [4.78, 5) is 14.0. The first-order valence-corrected chi connectivity index (χ1v) is 6.24. The summed E-state index contributed by atoms with van der Waals surface area (Å²) in [5.74, 6) is -0.571. The molecule has 2 nitrogen and oxygen atoms in total. The summed E-state index contributed by atoms with van der Waals surface area (Å²) in [5.41, 5.74) is 1.14. The molecule has 1 saturated heterocycles. The number of hydrogen-bond acceptors (Lipinski definition) is 1. The molecule has 0 aromatic heterocycles. The molecule has 1 heterocycles. The quantitative estimate of drug-likeness (QED) is 0.732. The third-order valence-electron chi connectivity index (χ3n) is 3.25. The van der Waals surface area contributed by atoms with E-state index in [2.05, 4.69) is 0 Å². The predicted molar refractivity (Wildman–Crippen MR) is 65.5 cm³/mol. The molecule has 17 heavy (non-hydrogen) atoms. The molecular weight excluding hydrogens is 217 g/mol. The summed E-state index contributed by atoms with van der Waals surface area (Å²) in [5, 5.41) is 0. The van der Waals surface area contributed by atoms with Crippen LogP contribution in [0.3, 0.4) is 0 Å². The number of benzene rings is 1. The van der Waals surface area contributed by atoms with Crippen LogP contribution in [0.5, 0.6) is 0 Å². The Morgan fingerprint density at radius 3 is 2.47 bits per heavy atom. The monoisotopic (exact) mass is 235 g/mol. The van der Waals surface area contributed by atoms with Gasteiger partial charge in [-0.15, -0.1) is 0 Å². The van der Waals surface area contributed by atoms with Crippen LogP contribution in [0.1, 0.15) is 41.6 Å². The summed E-state index contributed by atoms with van der Waals surface area (Å²) in [7, 11) is 0. The van der Waals surface area contributed by atoms with E-state index in [1.807, 2.05) is 6.92 Å². The van der Waals surface area contributed by atoms with E-state index in [0.717, 1.165) is 31.5 Å². The van der Waals surface area contributed by atoms with E-state index in [-0.39, 0.29) is 11.5 Å². The zero-order valence-electron chi connectivity index (χ0n) is 10.2. The number of rotatable bonds is 1. The smallest absolute Gasteiger partial charge is 0.256 e. The predicted octanol–water partition coefficient (Wildman–Crippen LogP) is 3.15. The number of carbonyl (C=O) groups excluding carboxylic acids is 1. The lowest BCUT2D eigenvalue weighted by Crippen LogP contribution is -2.32. The Hall–Kier alpha value is -1.38. The first-order chi connectivity index (χ1) is 8.18. The second-order valence-corrected chi connectivity index (χ2v) is 4.69. The third-order valence-corrected chi connectivity index (χ3v) is 3.25. The molecule has 0 saturated carbocycles. The van der Waals surface area contributed by atoms with Crippen molar-refractivity contribution in [2.45, 2.75) is 32.6 Å². The number of nitrogens with zero attached hydrogens (tertiary/aromatic N) is 1. The van der Waals surface area contributed by atoms with Crippen LogP contribution in [-0.2, 0) is 0 Å². The van der Waals surface area contributed by atoms with Gasteiger partial charge >= 0.3 is 0 Å². The first-order valence-electron chi connectivity index (χ1n) is 6.24. The molecule has 1 aliphatic heterocycles. The highest BCUT2D eigenvalue weighted by molar-refractivity contribution is 5.94. The molecule has 0 unspecified atom stereocenters. The molecule has 1 fully saturated rings. The highest BCUT2D eigenvalue weighted by Crippen LogP contribution is 2.16. The normalized spacial score (nSPS) is 16.7. The summed E-state index contributed by atoms with van der Waals surface area (Å²) in [6.07, 6.45) is 4.39. The van der Waals surface area contributed by atoms with E-state index < -0.39 is 5.82 Å². The highest BCUT2D eigenvalue weighted by atomic mass is 19.1. The maximum atomic E-state index is 13.6. The minimum Gasteiger partial charge on any atom is -0.339 e. The SMILES string of the molecule is Cc1ccc(F)c(C(=O)N2CCCCCC2)c1. The van der Waals surface area contributed by atoms with Crippen molar-refractivity contribution in [3.63, 3.8) is 0 Å². The second kappa shape index (κ2) is 5.30. The number of halogens is 1. The largest absolute Gasteiger partial charge is 0.339 e. The van der Waals surface area contributed by atoms with Gasteiger partial charge in [-0.1, -0.05) is 24.5 Å². The van der Waals surface area contributed by atoms with E-state index in [1.54, 1.807) is 17.0 Å². The molecule has 0 atom stereocenters. The Labute approximate surface area is 101 Å².